The number of fused-ring (bicyclic) bond motifs is 2. The van der Waals surface area contributed by atoms with Gasteiger partial charge in [-0.05, 0) is 71.8 Å². The van der Waals surface area contributed by atoms with E-state index in [0.717, 1.165) is 55.7 Å². The maximum Gasteiger partial charge on any atom is 0.0863 e. The van der Waals surface area contributed by atoms with Crippen molar-refractivity contribution < 1.29 is 0 Å². The van der Waals surface area contributed by atoms with Crippen LogP contribution in [0, 0.1) is 0 Å². The summed E-state index contributed by atoms with van der Waals surface area (Å²) in [6.45, 7) is 0. The maximum atomic E-state index is 4.71. The first-order valence-corrected chi connectivity index (χ1v) is 12.5. The third-order valence-electron chi connectivity index (χ3n) is 6.15. The van der Waals surface area contributed by atoms with Crippen molar-refractivity contribution in [2.45, 2.75) is 0 Å². The number of benzene rings is 4. The van der Waals surface area contributed by atoms with E-state index in [1.165, 1.54) is 0 Å². The predicted octanol–water partition coefficient (Wildman–Crippen LogP) is 9.54. The molecule has 0 radical (unpaired) electrons. The quantitative estimate of drug-likeness (QED) is 0.219. The summed E-state index contributed by atoms with van der Waals surface area (Å²) < 4.78 is 0. The molecule has 0 bridgehead atoms. The smallest absolute Gasteiger partial charge is 0.0863 e. The average Bonchev–Trinajstić information content (AvgIpc) is 2.98. The Morgan fingerprint density at radius 2 is 0.895 bits per heavy atom. The molecule has 0 saturated carbocycles. The molecule has 0 atom stereocenters. The molecule has 4 nitrogen and oxygen atoms in total. The molecule has 0 unspecified atom stereocenters. The molecule has 0 N–H and O–H groups in total. The fraction of sp³-hybridized carbons (Fsp3) is 0. The number of hydrogen-bond acceptors (Lipinski definition) is 4. The van der Waals surface area contributed by atoms with Crippen molar-refractivity contribution in [1.82, 2.24) is 9.97 Å². The second-order valence-corrected chi connectivity index (χ2v) is 8.91. The number of nitrogens with zero attached hydrogens (tertiary/aromatic N) is 4. The number of azo groups is 1. The minimum absolute atomic E-state index is 0.792. The van der Waals surface area contributed by atoms with E-state index in [4.69, 9.17) is 9.97 Å². The van der Waals surface area contributed by atoms with Crippen LogP contribution in [-0.4, -0.2) is 9.97 Å². The van der Waals surface area contributed by atoms with Gasteiger partial charge in [0.15, 0.2) is 0 Å². The van der Waals surface area contributed by atoms with E-state index in [1.54, 1.807) is 0 Å². The highest BCUT2D eigenvalue weighted by atomic mass is 15.1. The van der Waals surface area contributed by atoms with Crippen molar-refractivity contribution in [2.24, 2.45) is 10.2 Å². The number of para-hydroxylation sites is 2. The lowest BCUT2D eigenvalue weighted by molar-refractivity contribution is 1.23. The molecular formula is C34H24N4. The molecule has 0 aliphatic carbocycles. The molecular weight excluding hydrogens is 464 g/mol. The minimum atomic E-state index is 0.792. The molecule has 2 heterocycles. The van der Waals surface area contributed by atoms with Crippen LogP contribution >= 0.6 is 0 Å². The lowest BCUT2D eigenvalue weighted by atomic mass is 10.1. The van der Waals surface area contributed by atoms with Gasteiger partial charge in [-0.15, -0.1) is 0 Å². The first-order chi connectivity index (χ1) is 18.8. The Morgan fingerprint density at radius 1 is 0.421 bits per heavy atom. The van der Waals surface area contributed by atoms with Crippen LogP contribution in [0.3, 0.4) is 0 Å². The summed E-state index contributed by atoms with van der Waals surface area (Å²) in [5.41, 5.74) is 7.47. The molecule has 6 aromatic rings. The highest BCUT2D eigenvalue weighted by Crippen LogP contribution is 2.22. The second kappa shape index (κ2) is 10.8. The Balaban J connectivity index is 1.15. The van der Waals surface area contributed by atoms with E-state index in [0.29, 0.717) is 0 Å². The second-order valence-electron chi connectivity index (χ2n) is 8.91. The Morgan fingerprint density at radius 3 is 1.39 bits per heavy atom. The van der Waals surface area contributed by atoms with Crippen molar-refractivity contribution in [3.05, 3.63) is 144 Å². The molecule has 6 rings (SSSR count). The monoisotopic (exact) mass is 488 g/mol. The lowest BCUT2D eigenvalue weighted by Gasteiger charge is -2.00. The number of aromatic nitrogens is 2. The van der Waals surface area contributed by atoms with E-state index in [2.05, 4.69) is 34.5 Å². The van der Waals surface area contributed by atoms with Gasteiger partial charge in [0.2, 0.25) is 0 Å². The lowest BCUT2D eigenvalue weighted by Crippen LogP contribution is -1.82. The molecule has 0 spiro atoms. The topological polar surface area (TPSA) is 50.5 Å². The zero-order valence-corrected chi connectivity index (χ0v) is 20.6. The van der Waals surface area contributed by atoms with Crippen LogP contribution in [0.1, 0.15) is 22.5 Å². The zero-order valence-electron chi connectivity index (χ0n) is 20.6. The summed E-state index contributed by atoms with van der Waals surface area (Å²) in [7, 11) is 0. The Bertz CT molecular complexity index is 1700. The minimum Gasteiger partial charge on any atom is -0.248 e. The summed E-state index contributed by atoms with van der Waals surface area (Å²) in [6.07, 6.45) is 8.12. The van der Waals surface area contributed by atoms with Gasteiger partial charge in [-0.1, -0.05) is 84.9 Å². The first-order valence-electron chi connectivity index (χ1n) is 12.5. The third kappa shape index (κ3) is 5.61. The van der Waals surface area contributed by atoms with Crippen molar-refractivity contribution in [3.63, 3.8) is 0 Å². The number of pyridine rings is 2. The van der Waals surface area contributed by atoms with Gasteiger partial charge in [-0.2, -0.15) is 10.2 Å². The molecule has 0 aliphatic heterocycles. The summed E-state index contributed by atoms with van der Waals surface area (Å²) in [4.78, 5) is 9.41. The van der Waals surface area contributed by atoms with Gasteiger partial charge in [0.1, 0.15) is 0 Å². The molecule has 0 aliphatic rings. The third-order valence-corrected chi connectivity index (χ3v) is 6.15. The number of rotatable bonds is 6. The Hall–Kier alpha value is -5.22. The fourth-order valence-corrected chi connectivity index (χ4v) is 4.21. The predicted molar refractivity (Wildman–Crippen MR) is 158 cm³/mol. The molecule has 0 amide bonds. The van der Waals surface area contributed by atoms with Crippen molar-refractivity contribution in [2.75, 3.05) is 0 Å². The van der Waals surface area contributed by atoms with Crippen molar-refractivity contribution in [1.29, 1.82) is 0 Å². The molecule has 4 heteroatoms. The van der Waals surface area contributed by atoms with Crippen LogP contribution in [0.2, 0.25) is 0 Å². The Kier molecular flexibility index (Phi) is 6.60. The maximum absolute atomic E-state index is 4.71. The van der Waals surface area contributed by atoms with Gasteiger partial charge >= 0.3 is 0 Å². The van der Waals surface area contributed by atoms with Gasteiger partial charge in [0.05, 0.1) is 33.8 Å². The van der Waals surface area contributed by atoms with E-state index in [1.807, 2.05) is 121 Å². The van der Waals surface area contributed by atoms with Crippen molar-refractivity contribution >= 4 is 57.5 Å². The van der Waals surface area contributed by atoms with E-state index < -0.39 is 0 Å². The largest absolute Gasteiger partial charge is 0.248 e. The normalized spacial score (nSPS) is 11.9. The molecule has 4 aromatic carbocycles. The summed E-state index contributed by atoms with van der Waals surface area (Å²) >= 11 is 0. The summed E-state index contributed by atoms with van der Waals surface area (Å²) in [6, 6.07) is 40.5. The van der Waals surface area contributed by atoms with Crippen molar-refractivity contribution in [3.8, 4) is 0 Å². The van der Waals surface area contributed by atoms with E-state index >= 15 is 0 Å². The van der Waals surface area contributed by atoms with Crippen LogP contribution in [-0.2, 0) is 0 Å². The zero-order chi connectivity index (χ0) is 25.6. The number of hydrogen-bond donors (Lipinski definition) is 0. The molecule has 2 aromatic heterocycles. The average molecular weight is 489 g/mol. The van der Waals surface area contributed by atoms with Gasteiger partial charge in [0.25, 0.3) is 0 Å². The van der Waals surface area contributed by atoms with Gasteiger partial charge in [0, 0.05) is 10.8 Å². The van der Waals surface area contributed by atoms with E-state index in [9.17, 15) is 0 Å². The summed E-state index contributed by atoms with van der Waals surface area (Å²) in [5, 5.41) is 11.2. The van der Waals surface area contributed by atoms with E-state index in [-0.39, 0.29) is 0 Å². The van der Waals surface area contributed by atoms with Gasteiger partial charge < -0.3 is 0 Å². The van der Waals surface area contributed by atoms with Gasteiger partial charge in [-0.25, -0.2) is 9.97 Å². The van der Waals surface area contributed by atoms with Crippen LogP contribution in [0.4, 0.5) is 11.4 Å². The molecule has 38 heavy (non-hydrogen) atoms. The first kappa shape index (κ1) is 23.2. The standard InChI is InChI=1S/C34H24N4/c1-3-13-33-27(9-1)17-21-29(35-33)19-15-25-7-5-11-31(23-25)37-38-32-12-6-8-26(24-32)16-20-30-22-18-28-10-2-4-14-34(28)36-30/h1-24H/b19-15+,20-16+,38-37+. The van der Waals surface area contributed by atoms with Crippen LogP contribution < -0.4 is 0 Å². The van der Waals surface area contributed by atoms with Crippen LogP contribution in [0.5, 0.6) is 0 Å². The molecule has 0 saturated heterocycles. The Labute approximate surface area is 221 Å². The van der Waals surface area contributed by atoms with Gasteiger partial charge in [-0.3, -0.25) is 0 Å². The highest BCUT2D eigenvalue weighted by Gasteiger charge is 1.98. The van der Waals surface area contributed by atoms with Crippen LogP contribution in [0.15, 0.2) is 132 Å². The summed E-state index contributed by atoms with van der Waals surface area (Å²) in [5.74, 6) is 0. The fourth-order valence-electron chi connectivity index (χ4n) is 4.21. The molecule has 0 fully saturated rings. The van der Waals surface area contributed by atoms with Crippen LogP contribution in [0.25, 0.3) is 46.1 Å². The highest BCUT2D eigenvalue weighted by molar-refractivity contribution is 5.82. The molecule has 180 valence electrons. The SMILES string of the molecule is C(=C\c1ccc2ccccc2n1)/c1cccc(/N=N/c2cccc(/C=C/c3ccc4ccccc4n3)c2)c1.